The molecule has 0 saturated carbocycles. The Kier molecular flexibility index (Phi) is 5.69. The largest absolute Gasteiger partial charge is 0.449 e. The van der Waals surface area contributed by atoms with Crippen LogP contribution >= 0.6 is 11.6 Å². The standard InChI is InChI=1S/C24H16ClF2NO2/c25-22-21(26)12-11-15(23(22)27)6-5-13-28-24(29)30-14-20-18-9-3-1-7-16(18)17-8-2-4-10-19(17)20/h1-4,7-12,20H,13-14H2,(H,28,29). The summed E-state index contributed by atoms with van der Waals surface area (Å²) in [4.78, 5) is 12.1. The van der Waals surface area contributed by atoms with Crippen LogP contribution in [0, 0.1) is 23.5 Å². The van der Waals surface area contributed by atoms with Gasteiger partial charge in [-0.05, 0) is 34.4 Å². The summed E-state index contributed by atoms with van der Waals surface area (Å²) in [5.74, 6) is 3.30. The zero-order chi connectivity index (χ0) is 21.1. The molecule has 1 aliphatic rings. The molecular formula is C24H16ClF2NO2. The number of hydrogen-bond acceptors (Lipinski definition) is 2. The Labute approximate surface area is 177 Å². The average Bonchev–Trinajstić information content (AvgIpc) is 3.09. The molecule has 0 aliphatic heterocycles. The Balaban J connectivity index is 1.36. The number of carbonyl (C=O) groups is 1. The lowest BCUT2D eigenvalue weighted by atomic mass is 9.98. The van der Waals surface area contributed by atoms with Crippen molar-refractivity contribution in [3.63, 3.8) is 0 Å². The summed E-state index contributed by atoms with van der Waals surface area (Å²) in [5, 5.41) is 1.90. The van der Waals surface area contributed by atoms with Gasteiger partial charge in [0.25, 0.3) is 0 Å². The molecule has 3 aromatic rings. The minimum Gasteiger partial charge on any atom is -0.449 e. The van der Waals surface area contributed by atoms with E-state index in [1.54, 1.807) is 0 Å². The number of nitrogens with one attached hydrogen (secondary N) is 1. The highest BCUT2D eigenvalue weighted by atomic mass is 35.5. The molecule has 1 amide bonds. The van der Waals surface area contributed by atoms with E-state index in [-0.39, 0.29) is 24.6 Å². The number of ether oxygens (including phenoxy) is 1. The van der Waals surface area contributed by atoms with Crippen LogP contribution in [0.25, 0.3) is 11.1 Å². The van der Waals surface area contributed by atoms with Gasteiger partial charge < -0.3 is 10.1 Å². The molecule has 6 heteroatoms. The molecule has 1 N–H and O–H groups in total. The Bertz CT molecular complexity index is 1140. The van der Waals surface area contributed by atoms with Gasteiger partial charge in [-0.1, -0.05) is 72.0 Å². The maximum absolute atomic E-state index is 13.8. The first-order valence-electron chi connectivity index (χ1n) is 9.27. The number of hydrogen-bond donors (Lipinski definition) is 1. The van der Waals surface area contributed by atoms with Crippen LogP contribution in [0.3, 0.4) is 0 Å². The fourth-order valence-electron chi connectivity index (χ4n) is 3.53. The first-order valence-corrected chi connectivity index (χ1v) is 9.65. The lowest BCUT2D eigenvalue weighted by Gasteiger charge is -2.14. The normalized spacial score (nSPS) is 11.8. The zero-order valence-corrected chi connectivity index (χ0v) is 16.5. The van der Waals surface area contributed by atoms with E-state index in [2.05, 4.69) is 29.3 Å². The number of amides is 1. The number of benzene rings is 3. The molecule has 1 aliphatic carbocycles. The Morgan fingerprint density at radius 1 is 1.00 bits per heavy atom. The maximum Gasteiger partial charge on any atom is 0.407 e. The van der Waals surface area contributed by atoms with Gasteiger partial charge in [0, 0.05) is 5.92 Å². The predicted octanol–water partition coefficient (Wildman–Crippen LogP) is 5.51. The van der Waals surface area contributed by atoms with Gasteiger partial charge >= 0.3 is 6.09 Å². The second-order valence-electron chi connectivity index (χ2n) is 6.70. The molecule has 0 spiro atoms. The first-order chi connectivity index (χ1) is 14.6. The lowest BCUT2D eigenvalue weighted by Crippen LogP contribution is -2.26. The fourth-order valence-corrected chi connectivity index (χ4v) is 3.69. The number of halogens is 3. The van der Waals surface area contributed by atoms with Gasteiger partial charge in [-0.25, -0.2) is 13.6 Å². The summed E-state index contributed by atoms with van der Waals surface area (Å²) < 4.78 is 32.3. The number of carbonyl (C=O) groups excluding carboxylic acids is 1. The van der Waals surface area contributed by atoms with Gasteiger partial charge in [-0.3, -0.25) is 0 Å². The van der Waals surface area contributed by atoms with Crippen molar-refractivity contribution in [3.05, 3.63) is 94.0 Å². The highest BCUT2D eigenvalue weighted by Crippen LogP contribution is 2.44. The van der Waals surface area contributed by atoms with Crippen molar-refractivity contribution in [2.45, 2.75) is 5.92 Å². The smallest absolute Gasteiger partial charge is 0.407 e. The van der Waals surface area contributed by atoms with Crippen molar-refractivity contribution in [1.29, 1.82) is 0 Å². The Hall–Kier alpha value is -3.36. The van der Waals surface area contributed by atoms with E-state index in [4.69, 9.17) is 16.3 Å². The van der Waals surface area contributed by atoms with Crippen molar-refractivity contribution in [3.8, 4) is 23.0 Å². The van der Waals surface area contributed by atoms with E-state index in [1.165, 1.54) is 6.07 Å². The molecule has 0 radical (unpaired) electrons. The molecule has 4 rings (SSSR count). The maximum atomic E-state index is 13.8. The molecular weight excluding hydrogens is 408 g/mol. The van der Waals surface area contributed by atoms with Crippen molar-refractivity contribution in [2.24, 2.45) is 0 Å². The third kappa shape index (κ3) is 3.87. The Morgan fingerprint density at radius 3 is 2.30 bits per heavy atom. The minimum absolute atomic E-state index is 0.0373. The molecule has 0 atom stereocenters. The second-order valence-corrected chi connectivity index (χ2v) is 7.08. The number of alkyl carbamates (subject to hydrolysis) is 1. The Morgan fingerprint density at radius 2 is 1.63 bits per heavy atom. The van der Waals surface area contributed by atoms with Gasteiger partial charge in [0.1, 0.15) is 17.4 Å². The van der Waals surface area contributed by atoms with E-state index in [9.17, 15) is 13.6 Å². The highest BCUT2D eigenvalue weighted by Gasteiger charge is 2.28. The van der Waals surface area contributed by atoms with Crippen molar-refractivity contribution >= 4 is 17.7 Å². The van der Waals surface area contributed by atoms with Crippen molar-refractivity contribution < 1.29 is 18.3 Å². The van der Waals surface area contributed by atoms with Crippen LogP contribution in [0.15, 0.2) is 60.7 Å². The van der Waals surface area contributed by atoms with Crippen molar-refractivity contribution in [2.75, 3.05) is 13.2 Å². The average molecular weight is 424 g/mol. The third-order valence-electron chi connectivity index (χ3n) is 4.92. The van der Waals surface area contributed by atoms with Gasteiger partial charge in [0.15, 0.2) is 5.82 Å². The van der Waals surface area contributed by atoms with Crippen LogP contribution in [-0.2, 0) is 4.74 Å². The quantitative estimate of drug-likeness (QED) is 0.445. The van der Waals surface area contributed by atoms with Crippen LogP contribution in [-0.4, -0.2) is 19.2 Å². The van der Waals surface area contributed by atoms with Gasteiger partial charge in [-0.2, -0.15) is 0 Å². The molecule has 30 heavy (non-hydrogen) atoms. The zero-order valence-electron chi connectivity index (χ0n) is 15.7. The van der Waals surface area contributed by atoms with Gasteiger partial charge in [0.05, 0.1) is 12.1 Å². The summed E-state index contributed by atoms with van der Waals surface area (Å²) in [5.41, 5.74) is 4.49. The molecule has 0 unspecified atom stereocenters. The van der Waals surface area contributed by atoms with E-state index in [0.717, 1.165) is 28.3 Å². The number of rotatable bonds is 3. The summed E-state index contributed by atoms with van der Waals surface area (Å²) >= 11 is 5.51. The molecule has 0 aromatic heterocycles. The third-order valence-corrected chi connectivity index (χ3v) is 5.27. The molecule has 0 bridgehead atoms. The van der Waals surface area contributed by atoms with Crippen LogP contribution < -0.4 is 5.32 Å². The molecule has 0 saturated heterocycles. The monoisotopic (exact) mass is 423 g/mol. The van der Waals surface area contributed by atoms with Crippen molar-refractivity contribution in [1.82, 2.24) is 5.32 Å². The second kappa shape index (κ2) is 8.56. The highest BCUT2D eigenvalue weighted by molar-refractivity contribution is 6.31. The number of fused-ring (bicyclic) bond motifs is 3. The van der Waals surface area contributed by atoms with Gasteiger partial charge in [-0.15, -0.1) is 0 Å². The molecule has 0 heterocycles. The molecule has 150 valence electrons. The van der Waals surface area contributed by atoms with E-state index in [0.29, 0.717) is 0 Å². The SMILES string of the molecule is O=C(NCC#Cc1ccc(F)c(Cl)c1F)OCC1c2ccccc2-c2ccccc21. The summed E-state index contributed by atoms with van der Waals surface area (Å²) in [6, 6.07) is 18.3. The van der Waals surface area contributed by atoms with Crippen LogP contribution in [0.5, 0.6) is 0 Å². The molecule has 0 fully saturated rings. The lowest BCUT2D eigenvalue weighted by molar-refractivity contribution is 0.144. The van der Waals surface area contributed by atoms with E-state index >= 15 is 0 Å². The summed E-state index contributed by atoms with van der Waals surface area (Å²) in [6.07, 6.45) is -0.622. The van der Waals surface area contributed by atoms with Crippen LogP contribution in [0.2, 0.25) is 5.02 Å². The summed E-state index contributed by atoms with van der Waals surface area (Å²) in [6.45, 7) is 0.139. The van der Waals surface area contributed by atoms with Gasteiger partial charge in [0.2, 0.25) is 0 Å². The van der Waals surface area contributed by atoms with Crippen LogP contribution in [0.1, 0.15) is 22.6 Å². The van der Waals surface area contributed by atoms with E-state index in [1.807, 2.05) is 36.4 Å². The van der Waals surface area contributed by atoms with E-state index < -0.39 is 22.8 Å². The molecule has 3 nitrogen and oxygen atoms in total. The fraction of sp³-hybridized carbons (Fsp3) is 0.125. The minimum atomic E-state index is -0.926. The summed E-state index contributed by atoms with van der Waals surface area (Å²) in [7, 11) is 0. The molecule has 3 aromatic carbocycles. The topological polar surface area (TPSA) is 38.3 Å². The first kappa shape index (κ1) is 19.9. The van der Waals surface area contributed by atoms with Crippen LogP contribution in [0.4, 0.5) is 13.6 Å². The predicted molar refractivity (Wildman–Crippen MR) is 111 cm³/mol.